The lowest BCUT2D eigenvalue weighted by molar-refractivity contribution is -0.114. The molecule has 0 saturated heterocycles. The molecule has 0 bridgehead atoms. The van der Waals surface area contributed by atoms with Gasteiger partial charge < -0.3 is 9.30 Å². The molecular weight excluding hydrogens is 444 g/mol. The number of amides is 1. The van der Waals surface area contributed by atoms with E-state index in [1.807, 2.05) is 70.8 Å². The van der Waals surface area contributed by atoms with Gasteiger partial charge in [-0.25, -0.2) is 0 Å². The lowest BCUT2D eigenvalue weighted by Gasteiger charge is -2.27. The Kier molecular flexibility index (Phi) is 5.94. The zero-order valence-corrected chi connectivity index (χ0v) is 19.8. The van der Waals surface area contributed by atoms with Gasteiger partial charge in [0.15, 0.2) is 5.17 Å². The van der Waals surface area contributed by atoms with E-state index < -0.39 is 5.91 Å². The maximum atomic E-state index is 12.8. The summed E-state index contributed by atoms with van der Waals surface area (Å²) < 4.78 is 7.97. The third kappa shape index (κ3) is 4.34. The predicted molar refractivity (Wildman–Crippen MR) is 138 cm³/mol. The van der Waals surface area contributed by atoms with Crippen molar-refractivity contribution < 1.29 is 9.53 Å². The summed E-state index contributed by atoms with van der Waals surface area (Å²) >= 11 is 1.36. The van der Waals surface area contributed by atoms with Crippen LogP contribution in [0.2, 0.25) is 0 Å². The number of aryl methyl sites for hydroxylation is 2. The third-order valence-corrected chi connectivity index (χ3v) is 6.46. The number of nitrogens with zero attached hydrogens (tertiary/aromatic N) is 3. The fourth-order valence-corrected chi connectivity index (χ4v) is 4.99. The molecule has 1 amide bonds. The van der Waals surface area contributed by atoms with Gasteiger partial charge in [0.05, 0.1) is 17.8 Å². The van der Waals surface area contributed by atoms with Crippen LogP contribution in [-0.2, 0) is 11.3 Å². The minimum absolute atomic E-state index is 0.134. The molecule has 170 valence electrons. The van der Waals surface area contributed by atoms with E-state index in [1.54, 1.807) is 11.0 Å². The van der Waals surface area contributed by atoms with E-state index >= 15 is 0 Å². The van der Waals surface area contributed by atoms with E-state index in [1.165, 1.54) is 22.9 Å². The van der Waals surface area contributed by atoms with Crippen molar-refractivity contribution in [2.75, 3.05) is 6.61 Å². The van der Waals surface area contributed by atoms with Crippen LogP contribution in [-0.4, -0.2) is 33.0 Å². The second kappa shape index (κ2) is 9.19. The van der Waals surface area contributed by atoms with Crippen molar-refractivity contribution in [3.8, 4) is 5.75 Å². The molecule has 7 heteroatoms. The highest BCUT2D eigenvalue weighted by Crippen LogP contribution is 2.37. The number of hydrogen-bond acceptors (Lipinski definition) is 4. The molecule has 6 nitrogen and oxygen atoms in total. The molecular formula is C27H24N4O2S. The van der Waals surface area contributed by atoms with Gasteiger partial charge in [-0.05, 0) is 60.9 Å². The molecule has 0 unspecified atom stereocenters. The molecule has 2 aliphatic rings. The van der Waals surface area contributed by atoms with Crippen LogP contribution >= 0.6 is 11.8 Å². The smallest absolute Gasteiger partial charge is 0.283 e. The molecule has 0 atom stereocenters. The molecule has 0 radical (unpaired) electrons. The van der Waals surface area contributed by atoms with Gasteiger partial charge in [0.1, 0.15) is 18.2 Å². The largest absolute Gasteiger partial charge is 0.492 e. The highest BCUT2D eigenvalue weighted by atomic mass is 32.2. The Labute approximate surface area is 202 Å². The average Bonchev–Trinajstić information content (AvgIpc) is 3.43. The van der Waals surface area contributed by atoms with Crippen LogP contribution in [0, 0.1) is 19.3 Å². The molecule has 5 rings (SSSR count). The van der Waals surface area contributed by atoms with E-state index in [0.29, 0.717) is 18.3 Å². The Bertz CT molecular complexity index is 1350. The Morgan fingerprint density at radius 1 is 1.06 bits per heavy atom. The number of aromatic nitrogens is 1. The van der Waals surface area contributed by atoms with Crippen LogP contribution in [0.1, 0.15) is 22.4 Å². The van der Waals surface area contributed by atoms with Gasteiger partial charge in [-0.2, -0.15) is 4.99 Å². The van der Waals surface area contributed by atoms with Crippen LogP contribution in [0.25, 0.3) is 11.8 Å². The molecule has 0 aliphatic carbocycles. The number of fused-ring (bicyclic) bond motifs is 1. The number of benzene rings is 2. The molecule has 3 aromatic rings. The van der Waals surface area contributed by atoms with E-state index in [4.69, 9.17) is 10.1 Å². The maximum absolute atomic E-state index is 12.8. The van der Waals surface area contributed by atoms with Crippen LogP contribution in [0.15, 0.2) is 82.8 Å². The van der Waals surface area contributed by atoms with Crippen LogP contribution in [0.4, 0.5) is 0 Å². The Balaban J connectivity index is 1.35. The number of carbonyl (C=O) groups excluding carboxylic acids is 1. The number of nitrogens with one attached hydrogen (secondary N) is 1. The van der Waals surface area contributed by atoms with Crippen molar-refractivity contribution in [3.63, 3.8) is 0 Å². The van der Waals surface area contributed by atoms with Crippen LogP contribution in [0.5, 0.6) is 5.75 Å². The SMILES string of the molecule is Cc1cc(C)cc(OCCn2cccc2/C=C2/C(=N)N3C(c4ccccc4)=CSC3=NC2=O)c1. The zero-order chi connectivity index (χ0) is 23.7. The topological polar surface area (TPSA) is 70.7 Å². The van der Waals surface area contributed by atoms with Gasteiger partial charge in [0, 0.05) is 17.3 Å². The number of rotatable bonds is 6. The molecule has 1 aromatic heterocycles. The van der Waals surface area contributed by atoms with Gasteiger partial charge in [0.2, 0.25) is 0 Å². The molecule has 3 heterocycles. The van der Waals surface area contributed by atoms with Crippen LogP contribution in [0.3, 0.4) is 0 Å². The number of amidine groups is 2. The van der Waals surface area contributed by atoms with Gasteiger partial charge in [-0.1, -0.05) is 48.2 Å². The van der Waals surface area contributed by atoms with Crippen LogP contribution < -0.4 is 4.74 Å². The monoisotopic (exact) mass is 468 g/mol. The lowest BCUT2D eigenvalue weighted by Crippen LogP contribution is -2.38. The first-order chi connectivity index (χ1) is 16.5. The van der Waals surface area contributed by atoms with Crippen molar-refractivity contribution in [3.05, 3.63) is 100 Å². The standard InChI is InChI=1S/C27H24N4O2S/c1-18-13-19(2)15-22(14-18)33-12-11-30-10-6-9-21(30)16-23-25(28)31-24(20-7-4-3-5-8-20)17-34-27(31)29-26(23)32/h3-10,13-17,28H,11-12H2,1-2H3/b23-16-,28-25?. The summed E-state index contributed by atoms with van der Waals surface area (Å²) in [5, 5.41) is 11.3. The number of thioether (sulfide) groups is 1. The minimum Gasteiger partial charge on any atom is -0.492 e. The average molecular weight is 469 g/mol. The van der Waals surface area contributed by atoms with Crippen molar-refractivity contribution >= 4 is 40.4 Å². The number of carbonyl (C=O) groups is 1. The first-order valence-electron chi connectivity index (χ1n) is 11.0. The molecule has 34 heavy (non-hydrogen) atoms. The summed E-state index contributed by atoms with van der Waals surface area (Å²) in [5.41, 5.74) is 5.26. The maximum Gasteiger partial charge on any atom is 0.283 e. The summed E-state index contributed by atoms with van der Waals surface area (Å²) in [6, 6.07) is 19.9. The van der Waals surface area contributed by atoms with E-state index in [-0.39, 0.29) is 11.4 Å². The summed E-state index contributed by atoms with van der Waals surface area (Å²) in [6.07, 6.45) is 3.69. The fraction of sp³-hybridized carbons (Fsp3) is 0.148. The van der Waals surface area contributed by atoms with Crippen molar-refractivity contribution in [2.45, 2.75) is 20.4 Å². The van der Waals surface area contributed by atoms with Crippen molar-refractivity contribution in [1.29, 1.82) is 5.41 Å². The second-order valence-electron chi connectivity index (χ2n) is 8.23. The normalized spacial score (nSPS) is 16.5. The summed E-state index contributed by atoms with van der Waals surface area (Å²) in [4.78, 5) is 18.8. The molecule has 1 N–H and O–H groups in total. The molecule has 2 aliphatic heterocycles. The molecule has 0 fully saturated rings. The summed E-state index contributed by atoms with van der Waals surface area (Å²) in [7, 11) is 0. The van der Waals surface area contributed by atoms with Gasteiger partial charge >= 0.3 is 0 Å². The van der Waals surface area contributed by atoms with E-state index in [9.17, 15) is 4.79 Å². The first-order valence-corrected chi connectivity index (χ1v) is 11.9. The third-order valence-electron chi connectivity index (χ3n) is 5.64. The highest BCUT2D eigenvalue weighted by molar-refractivity contribution is 8.17. The predicted octanol–water partition coefficient (Wildman–Crippen LogP) is 5.49. The van der Waals surface area contributed by atoms with Gasteiger partial charge in [-0.15, -0.1) is 0 Å². The second-order valence-corrected chi connectivity index (χ2v) is 9.06. The Morgan fingerprint density at radius 3 is 2.59 bits per heavy atom. The number of ether oxygens (including phenoxy) is 1. The first kappa shape index (κ1) is 22.0. The number of aliphatic imine (C=N–C) groups is 1. The minimum atomic E-state index is -0.398. The molecule has 0 spiro atoms. The van der Waals surface area contributed by atoms with Gasteiger partial charge in [-0.3, -0.25) is 15.1 Å². The van der Waals surface area contributed by atoms with Crippen molar-refractivity contribution in [1.82, 2.24) is 9.47 Å². The zero-order valence-electron chi connectivity index (χ0n) is 19.0. The number of hydrogen-bond donors (Lipinski definition) is 1. The summed E-state index contributed by atoms with van der Waals surface area (Å²) in [6.45, 7) is 5.21. The molecule has 2 aromatic carbocycles. The van der Waals surface area contributed by atoms with Gasteiger partial charge in [0.25, 0.3) is 5.91 Å². The Hall–Kier alpha value is -3.84. The Morgan fingerprint density at radius 2 is 1.82 bits per heavy atom. The summed E-state index contributed by atoms with van der Waals surface area (Å²) in [5.74, 6) is 0.586. The van der Waals surface area contributed by atoms with Crippen molar-refractivity contribution in [2.24, 2.45) is 4.99 Å². The fourth-order valence-electron chi connectivity index (χ4n) is 4.10. The van der Waals surface area contributed by atoms with E-state index in [2.05, 4.69) is 24.9 Å². The lowest BCUT2D eigenvalue weighted by atomic mass is 10.1. The molecule has 0 saturated carbocycles. The highest BCUT2D eigenvalue weighted by Gasteiger charge is 2.36. The quantitative estimate of drug-likeness (QED) is 0.486. The van der Waals surface area contributed by atoms with E-state index in [0.717, 1.165) is 22.7 Å².